The maximum atomic E-state index is 15.4. The number of nitrogens with zero attached hydrogens (tertiary/aromatic N) is 5. The van der Waals surface area contributed by atoms with Crippen molar-refractivity contribution in [3.63, 3.8) is 0 Å². The summed E-state index contributed by atoms with van der Waals surface area (Å²) in [5.41, 5.74) is 7.60. The third-order valence-electron chi connectivity index (χ3n) is 4.70. The molecule has 0 spiro atoms. The van der Waals surface area contributed by atoms with E-state index in [1.165, 1.54) is 0 Å². The van der Waals surface area contributed by atoms with Crippen LogP contribution in [0, 0.1) is 0 Å². The lowest BCUT2D eigenvalue weighted by atomic mass is 9.91. The summed E-state index contributed by atoms with van der Waals surface area (Å²) >= 11 is 0. The molecule has 3 rings (SSSR count). The highest BCUT2D eigenvalue weighted by molar-refractivity contribution is 7.66. The van der Waals surface area contributed by atoms with Gasteiger partial charge in [0.05, 0.1) is 0 Å². The molecule has 33 heavy (non-hydrogen) atoms. The van der Waals surface area contributed by atoms with Crippen molar-refractivity contribution in [1.29, 1.82) is 0 Å². The number of ether oxygens (including phenoxy) is 1. The number of phosphoric acid groups is 3. The number of azide groups is 1. The molecule has 0 bridgehead atoms. The summed E-state index contributed by atoms with van der Waals surface area (Å²) < 4.78 is 66.4. The zero-order chi connectivity index (χ0) is 25.3. The van der Waals surface area contributed by atoms with Crippen LogP contribution in [0.3, 0.4) is 0 Å². The van der Waals surface area contributed by atoms with Crippen molar-refractivity contribution in [1.82, 2.24) is 9.55 Å². The van der Waals surface area contributed by atoms with Crippen molar-refractivity contribution >= 4 is 29.3 Å². The van der Waals surface area contributed by atoms with Crippen LogP contribution in [0.2, 0.25) is 0 Å². The molecule has 0 aromatic carbocycles. The maximum absolute atomic E-state index is 15.4. The zero-order valence-corrected chi connectivity index (χ0v) is 18.5. The van der Waals surface area contributed by atoms with E-state index in [1.807, 2.05) is 0 Å². The highest BCUT2D eigenvalue weighted by Gasteiger charge is 2.95. The molecule has 7 atom stereocenters. The Morgan fingerprint density at radius 2 is 1.91 bits per heavy atom. The van der Waals surface area contributed by atoms with Crippen LogP contribution in [0.25, 0.3) is 10.4 Å². The summed E-state index contributed by atoms with van der Waals surface area (Å²) in [7, 11) is -17.6. The summed E-state index contributed by atoms with van der Waals surface area (Å²) in [6.45, 7) is 0.891. The number of hydrogen-bond donors (Lipinski definition) is 6. The van der Waals surface area contributed by atoms with Crippen LogP contribution in [0.5, 0.6) is 0 Å². The molecule has 2 heterocycles. The van der Waals surface area contributed by atoms with Crippen molar-refractivity contribution in [3.8, 4) is 0 Å². The Hall–Kier alpha value is -1.75. The normalized spacial score (nSPS) is 36.8. The number of rotatable bonds is 8. The lowest BCUT2D eigenvalue weighted by Gasteiger charge is -2.32. The Kier molecular flexibility index (Phi) is 5.98. The number of alkyl halides is 1. The lowest BCUT2D eigenvalue weighted by molar-refractivity contribution is -0.143. The Balaban J connectivity index is 1.93. The topological polar surface area (TPSA) is 299 Å². The Morgan fingerprint density at radius 1 is 1.30 bits per heavy atom. The van der Waals surface area contributed by atoms with E-state index in [9.17, 15) is 33.4 Å². The standard InChI is InChI=1S/C10H14FN6O13P3/c1-8(15-16-13)6(17-3-2-4(12)14-7(17)18)27-10(11)5(9(8,10)19)28-32(23,24)30-33(25,26)29-31(20,21)22/h2-3,5-6,19H,1H3,(H,23,24)(H,25,26)(H2,12,14,18)(H2,20,21,22)/t5?,6-,8+,9+,10-/m1/s1. The maximum Gasteiger partial charge on any atom is 0.490 e. The molecular weight excluding hydrogens is 524 g/mol. The third-order valence-corrected chi connectivity index (χ3v) is 8.50. The van der Waals surface area contributed by atoms with Crippen LogP contribution in [0.4, 0.5) is 10.2 Å². The number of aromatic nitrogens is 2. The van der Waals surface area contributed by atoms with Crippen LogP contribution in [0.1, 0.15) is 13.2 Å². The molecule has 3 unspecified atom stereocenters. The lowest BCUT2D eigenvalue weighted by Crippen LogP contribution is -2.49. The predicted octanol–water partition coefficient (Wildman–Crippen LogP) is -0.454. The molecule has 184 valence electrons. The number of nitrogens with two attached hydrogens (primary N) is 1. The first kappa shape index (κ1) is 25.9. The van der Waals surface area contributed by atoms with Gasteiger partial charge in [0.2, 0.25) is 0 Å². The molecule has 1 aliphatic carbocycles. The van der Waals surface area contributed by atoms with Crippen LogP contribution in [0.15, 0.2) is 22.2 Å². The molecular formula is C10H14FN6O13P3. The SMILES string of the molecule is C[C@]1(N=[N+]=[N-])[C@H](n2ccc(N)nc2=O)O[C@]2(F)C(OP(=O)(O)OP(=O)(O)OP(=O)(O)O)[C@]12O. The van der Waals surface area contributed by atoms with Crippen LogP contribution >= 0.6 is 23.5 Å². The fourth-order valence-electron chi connectivity index (χ4n) is 3.32. The minimum absolute atomic E-state index is 0.232. The van der Waals surface area contributed by atoms with E-state index in [0.717, 1.165) is 19.2 Å². The molecule has 7 N–H and O–H groups in total. The molecule has 2 fully saturated rings. The first-order chi connectivity index (χ1) is 14.8. The van der Waals surface area contributed by atoms with E-state index in [4.69, 9.17) is 25.8 Å². The van der Waals surface area contributed by atoms with Gasteiger partial charge in [0.1, 0.15) is 11.4 Å². The van der Waals surface area contributed by atoms with Gasteiger partial charge in [-0.1, -0.05) is 5.11 Å². The van der Waals surface area contributed by atoms with Gasteiger partial charge >= 0.3 is 29.2 Å². The molecule has 1 aromatic rings. The van der Waals surface area contributed by atoms with E-state index in [0.29, 0.717) is 4.57 Å². The number of hydrogen-bond acceptors (Lipinski definition) is 12. The summed E-state index contributed by atoms with van der Waals surface area (Å²) in [5.74, 6) is -3.68. The number of phosphoric ester groups is 1. The first-order valence-electron chi connectivity index (χ1n) is 8.14. The van der Waals surface area contributed by atoms with Crippen LogP contribution < -0.4 is 11.4 Å². The second-order valence-corrected chi connectivity index (χ2v) is 11.2. The molecule has 1 saturated carbocycles. The summed E-state index contributed by atoms with van der Waals surface area (Å²) in [6.07, 6.45) is -3.44. The Morgan fingerprint density at radius 3 is 2.42 bits per heavy atom. The predicted molar refractivity (Wildman–Crippen MR) is 98.1 cm³/mol. The largest absolute Gasteiger partial charge is 0.490 e. The average Bonchev–Trinajstić information content (AvgIpc) is 2.97. The monoisotopic (exact) mass is 538 g/mol. The van der Waals surface area contributed by atoms with Crippen molar-refractivity contribution in [3.05, 3.63) is 33.2 Å². The highest BCUT2D eigenvalue weighted by atomic mass is 31.3. The van der Waals surface area contributed by atoms with E-state index in [1.54, 1.807) is 0 Å². The van der Waals surface area contributed by atoms with Gasteiger partial charge in [-0.15, -0.1) is 0 Å². The Bertz CT molecular complexity index is 1250. The molecule has 1 aromatic heterocycles. The summed E-state index contributed by atoms with van der Waals surface area (Å²) in [5, 5.41) is 14.1. The molecule has 1 saturated heterocycles. The average molecular weight is 538 g/mol. The Labute approximate surface area is 180 Å². The molecule has 0 amide bonds. The molecule has 1 aliphatic heterocycles. The third kappa shape index (κ3) is 4.26. The van der Waals surface area contributed by atoms with Gasteiger partial charge in [-0.05, 0) is 18.5 Å². The smallest absolute Gasteiger partial charge is 0.383 e. The van der Waals surface area contributed by atoms with Crippen molar-refractivity contribution in [2.24, 2.45) is 5.11 Å². The fraction of sp³-hybridized carbons (Fsp3) is 0.600. The second kappa shape index (κ2) is 7.63. The van der Waals surface area contributed by atoms with Crippen molar-refractivity contribution in [2.75, 3.05) is 5.73 Å². The minimum Gasteiger partial charge on any atom is -0.383 e. The van der Waals surface area contributed by atoms with Gasteiger partial charge in [-0.3, -0.25) is 9.09 Å². The highest BCUT2D eigenvalue weighted by Crippen LogP contribution is 2.75. The summed E-state index contributed by atoms with van der Waals surface area (Å²) in [6, 6.07) is 1.09. The van der Waals surface area contributed by atoms with E-state index in [2.05, 4.69) is 28.2 Å². The molecule has 2 aliphatic rings. The number of nitrogen functional groups attached to an aromatic ring is 1. The van der Waals surface area contributed by atoms with Gasteiger partial charge in [-0.2, -0.15) is 13.6 Å². The number of aliphatic hydroxyl groups is 1. The van der Waals surface area contributed by atoms with E-state index < -0.39 is 58.5 Å². The van der Waals surface area contributed by atoms with E-state index in [-0.39, 0.29) is 5.82 Å². The molecule has 0 radical (unpaired) electrons. The van der Waals surface area contributed by atoms with Crippen LogP contribution in [-0.4, -0.2) is 57.3 Å². The first-order valence-corrected chi connectivity index (χ1v) is 12.7. The van der Waals surface area contributed by atoms with E-state index >= 15 is 4.39 Å². The van der Waals surface area contributed by atoms with Crippen molar-refractivity contribution in [2.45, 2.75) is 36.3 Å². The molecule has 23 heteroatoms. The van der Waals surface area contributed by atoms with Gasteiger partial charge in [0.25, 0.3) is 5.85 Å². The van der Waals surface area contributed by atoms with Crippen molar-refractivity contribution < 1.29 is 60.6 Å². The van der Waals surface area contributed by atoms with Gasteiger partial charge in [-0.25, -0.2) is 22.9 Å². The van der Waals surface area contributed by atoms with Crippen LogP contribution in [-0.2, 0) is 31.6 Å². The number of halogens is 1. The molecule has 19 nitrogen and oxygen atoms in total. The minimum atomic E-state index is -5.95. The fourth-order valence-corrected chi connectivity index (χ4v) is 6.54. The van der Waals surface area contributed by atoms with Gasteiger partial charge < -0.3 is 35.2 Å². The quantitative estimate of drug-likeness (QED) is 0.106. The second-order valence-electron chi connectivity index (χ2n) is 6.84. The summed E-state index contributed by atoms with van der Waals surface area (Å²) in [4.78, 5) is 53.8. The number of fused-ring (bicyclic) bond motifs is 1. The number of anilines is 1. The van der Waals surface area contributed by atoms with Gasteiger partial charge in [0.15, 0.2) is 17.9 Å². The van der Waals surface area contributed by atoms with Gasteiger partial charge in [0, 0.05) is 11.1 Å². The zero-order valence-electron chi connectivity index (χ0n) is 15.8.